The highest BCUT2D eigenvalue weighted by atomic mass is 19.4. The second-order valence-corrected chi connectivity index (χ2v) is 4.29. The van der Waals surface area contributed by atoms with Crippen LogP contribution in [-0.4, -0.2) is 12.9 Å². The molecule has 0 bridgehead atoms. The van der Waals surface area contributed by atoms with Crippen molar-refractivity contribution in [2.75, 3.05) is 6.54 Å². The molecule has 1 rings (SSSR count). The van der Waals surface area contributed by atoms with Crippen LogP contribution in [0.3, 0.4) is 0 Å². The van der Waals surface area contributed by atoms with E-state index in [0.29, 0.717) is 12.5 Å². The monoisotopic (exact) mass is 261 g/mol. The maximum Gasteiger partial charge on any atom is 0.573 e. The molecular formula is C13H18F3NO. The van der Waals surface area contributed by atoms with E-state index >= 15 is 0 Å². The third-order valence-electron chi connectivity index (χ3n) is 2.71. The largest absolute Gasteiger partial charge is 0.573 e. The molecule has 0 fully saturated rings. The third-order valence-corrected chi connectivity index (χ3v) is 2.71. The Bertz CT molecular complexity index is 348. The van der Waals surface area contributed by atoms with Crippen LogP contribution >= 0.6 is 0 Å². The molecule has 1 aromatic rings. The van der Waals surface area contributed by atoms with Crippen molar-refractivity contribution in [1.82, 2.24) is 0 Å². The molecule has 1 aromatic carbocycles. The number of alkyl halides is 3. The van der Waals surface area contributed by atoms with Gasteiger partial charge in [0, 0.05) is 0 Å². The first-order chi connectivity index (χ1) is 8.44. The van der Waals surface area contributed by atoms with Gasteiger partial charge in [-0.05, 0) is 43.0 Å². The van der Waals surface area contributed by atoms with E-state index in [1.54, 1.807) is 12.1 Å². The molecule has 0 amide bonds. The lowest BCUT2D eigenvalue weighted by atomic mass is 9.95. The molecule has 0 radical (unpaired) electrons. The first kappa shape index (κ1) is 14.8. The normalized spacial score (nSPS) is 13.4. The maximum absolute atomic E-state index is 12.0. The van der Waals surface area contributed by atoms with Gasteiger partial charge < -0.3 is 10.5 Å². The van der Waals surface area contributed by atoms with Gasteiger partial charge in [0.2, 0.25) is 0 Å². The summed E-state index contributed by atoms with van der Waals surface area (Å²) in [6, 6.07) is 5.98. The molecular weight excluding hydrogens is 243 g/mol. The van der Waals surface area contributed by atoms with E-state index in [-0.39, 0.29) is 5.75 Å². The van der Waals surface area contributed by atoms with E-state index in [0.717, 1.165) is 24.8 Å². The molecule has 0 spiro atoms. The summed E-state index contributed by atoms with van der Waals surface area (Å²) in [5.74, 6) is 0.190. The van der Waals surface area contributed by atoms with Gasteiger partial charge in [-0.25, -0.2) is 0 Å². The summed E-state index contributed by atoms with van der Waals surface area (Å²) >= 11 is 0. The Labute approximate surface area is 105 Å². The molecule has 18 heavy (non-hydrogen) atoms. The van der Waals surface area contributed by atoms with Crippen molar-refractivity contribution in [3.8, 4) is 5.75 Å². The number of rotatable bonds is 6. The molecule has 2 nitrogen and oxygen atoms in total. The summed E-state index contributed by atoms with van der Waals surface area (Å²) in [4.78, 5) is 0. The first-order valence-corrected chi connectivity index (χ1v) is 5.99. The summed E-state index contributed by atoms with van der Waals surface area (Å²) < 4.78 is 39.7. The molecule has 0 aliphatic rings. The lowest BCUT2D eigenvalue weighted by molar-refractivity contribution is -0.274. The van der Waals surface area contributed by atoms with Crippen molar-refractivity contribution in [3.63, 3.8) is 0 Å². The standard InChI is InChI=1S/C13H18F3NO/c1-2-3-11(9-17)8-10-4-6-12(7-5-10)18-13(14,15)16/h4-7,11H,2-3,8-9,17H2,1H3. The topological polar surface area (TPSA) is 35.2 Å². The second kappa shape index (κ2) is 6.64. The van der Waals surface area contributed by atoms with Crippen LogP contribution in [0.4, 0.5) is 13.2 Å². The molecule has 0 saturated carbocycles. The number of hydrogen-bond acceptors (Lipinski definition) is 2. The van der Waals surface area contributed by atoms with E-state index in [4.69, 9.17) is 5.73 Å². The summed E-state index contributed by atoms with van der Waals surface area (Å²) in [6.45, 7) is 2.68. The van der Waals surface area contributed by atoms with Crippen molar-refractivity contribution in [2.45, 2.75) is 32.5 Å². The molecule has 102 valence electrons. The van der Waals surface area contributed by atoms with Crippen molar-refractivity contribution < 1.29 is 17.9 Å². The van der Waals surface area contributed by atoms with Gasteiger partial charge >= 0.3 is 6.36 Å². The van der Waals surface area contributed by atoms with E-state index < -0.39 is 6.36 Å². The molecule has 0 aromatic heterocycles. The van der Waals surface area contributed by atoms with E-state index in [2.05, 4.69) is 11.7 Å². The quantitative estimate of drug-likeness (QED) is 0.850. The summed E-state index contributed by atoms with van der Waals surface area (Å²) in [5.41, 5.74) is 6.63. The molecule has 0 aliphatic carbocycles. The van der Waals surface area contributed by atoms with Crippen molar-refractivity contribution in [1.29, 1.82) is 0 Å². The van der Waals surface area contributed by atoms with Gasteiger partial charge in [-0.2, -0.15) is 0 Å². The Morgan fingerprint density at radius 1 is 1.22 bits per heavy atom. The van der Waals surface area contributed by atoms with Crippen LogP contribution in [0.25, 0.3) is 0 Å². The van der Waals surface area contributed by atoms with Gasteiger partial charge in [0.1, 0.15) is 5.75 Å². The van der Waals surface area contributed by atoms with Gasteiger partial charge in [0.05, 0.1) is 0 Å². The fourth-order valence-corrected chi connectivity index (χ4v) is 1.87. The minimum absolute atomic E-state index is 0.189. The summed E-state index contributed by atoms with van der Waals surface area (Å²) in [6.07, 6.45) is -1.77. The SMILES string of the molecule is CCCC(CN)Cc1ccc(OC(F)(F)F)cc1. The second-order valence-electron chi connectivity index (χ2n) is 4.29. The zero-order chi connectivity index (χ0) is 13.6. The molecule has 0 heterocycles. The molecule has 1 unspecified atom stereocenters. The Balaban J connectivity index is 2.59. The van der Waals surface area contributed by atoms with Gasteiger partial charge in [-0.15, -0.1) is 13.2 Å². The highest BCUT2D eigenvalue weighted by molar-refractivity contribution is 5.27. The fourth-order valence-electron chi connectivity index (χ4n) is 1.87. The lowest BCUT2D eigenvalue weighted by Crippen LogP contribution is -2.17. The highest BCUT2D eigenvalue weighted by Crippen LogP contribution is 2.23. The number of hydrogen-bond donors (Lipinski definition) is 1. The average Bonchev–Trinajstić information content (AvgIpc) is 2.29. The summed E-state index contributed by atoms with van der Waals surface area (Å²) in [7, 11) is 0. The van der Waals surface area contributed by atoms with Crippen LogP contribution in [0.1, 0.15) is 25.3 Å². The molecule has 2 N–H and O–H groups in total. The van der Waals surface area contributed by atoms with E-state index in [9.17, 15) is 13.2 Å². The smallest absolute Gasteiger partial charge is 0.406 e. The zero-order valence-corrected chi connectivity index (χ0v) is 10.3. The van der Waals surface area contributed by atoms with Crippen LogP contribution in [0.15, 0.2) is 24.3 Å². The highest BCUT2D eigenvalue weighted by Gasteiger charge is 2.30. The molecule has 0 saturated heterocycles. The van der Waals surface area contributed by atoms with Crippen LogP contribution in [0, 0.1) is 5.92 Å². The Morgan fingerprint density at radius 2 is 1.83 bits per heavy atom. The van der Waals surface area contributed by atoms with Gasteiger partial charge in [-0.1, -0.05) is 25.5 Å². The zero-order valence-electron chi connectivity index (χ0n) is 10.3. The van der Waals surface area contributed by atoms with E-state index in [1.165, 1.54) is 12.1 Å². The minimum Gasteiger partial charge on any atom is -0.406 e. The average molecular weight is 261 g/mol. The minimum atomic E-state index is -4.64. The molecule has 5 heteroatoms. The number of benzene rings is 1. The maximum atomic E-state index is 12.0. The van der Waals surface area contributed by atoms with Crippen LogP contribution < -0.4 is 10.5 Å². The third kappa shape index (κ3) is 5.40. The first-order valence-electron chi connectivity index (χ1n) is 5.99. The van der Waals surface area contributed by atoms with Crippen LogP contribution in [0.5, 0.6) is 5.75 Å². The molecule has 1 atom stereocenters. The van der Waals surface area contributed by atoms with Crippen LogP contribution in [0.2, 0.25) is 0 Å². The fraction of sp³-hybridized carbons (Fsp3) is 0.538. The van der Waals surface area contributed by atoms with Crippen molar-refractivity contribution >= 4 is 0 Å². The molecule has 0 aliphatic heterocycles. The van der Waals surface area contributed by atoms with Crippen molar-refractivity contribution in [3.05, 3.63) is 29.8 Å². The number of halogens is 3. The number of nitrogens with two attached hydrogens (primary N) is 1. The van der Waals surface area contributed by atoms with Gasteiger partial charge in [-0.3, -0.25) is 0 Å². The van der Waals surface area contributed by atoms with Gasteiger partial charge in [0.15, 0.2) is 0 Å². The Morgan fingerprint density at radius 3 is 2.28 bits per heavy atom. The number of ether oxygens (including phenoxy) is 1. The van der Waals surface area contributed by atoms with Crippen LogP contribution in [-0.2, 0) is 6.42 Å². The Kier molecular flexibility index (Phi) is 5.47. The van der Waals surface area contributed by atoms with E-state index in [1.807, 2.05) is 0 Å². The van der Waals surface area contributed by atoms with Crippen molar-refractivity contribution in [2.24, 2.45) is 11.7 Å². The van der Waals surface area contributed by atoms with Gasteiger partial charge in [0.25, 0.3) is 0 Å². The summed E-state index contributed by atoms with van der Waals surface area (Å²) in [5, 5.41) is 0. The Hall–Kier alpha value is -1.23. The predicted octanol–water partition coefficient (Wildman–Crippen LogP) is 3.50. The lowest BCUT2D eigenvalue weighted by Gasteiger charge is -2.14. The predicted molar refractivity (Wildman–Crippen MR) is 64.3 cm³/mol.